The number of hydrogen-bond donors (Lipinski definition) is 2. The van der Waals surface area contributed by atoms with Gasteiger partial charge in [0.2, 0.25) is 0 Å². The molecule has 3 aromatic rings. The van der Waals surface area contributed by atoms with Crippen LogP contribution >= 0.6 is 22.9 Å². The zero-order valence-corrected chi connectivity index (χ0v) is 21.9. The number of nitrogens with zero attached hydrogens (tertiary/aromatic N) is 1. The van der Waals surface area contributed by atoms with Crippen LogP contribution in [-0.2, 0) is 6.18 Å². The average Bonchev–Trinajstić information content (AvgIpc) is 3.01. The van der Waals surface area contributed by atoms with Crippen molar-refractivity contribution in [3.8, 4) is 5.75 Å². The molecule has 2 N–H and O–H groups in total. The summed E-state index contributed by atoms with van der Waals surface area (Å²) in [5.74, 6) is -0.904. The van der Waals surface area contributed by atoms with Crippen molar-refractivity contribution in [3.63, 3.8) is 0 Å². The summed E-state index contributed by atoms with van der Waals surface area (Å²) in [4.78, 5) is 16.5. The Hall–Kier alpha value is -1.40. The molecule has 0 bridgehead atoms. The van der Waals surface area contributed by atoms with E-state index in [-0.39, 0.29) is 68.4 Å². The SMILES string of the molecule is [CH2-]CC.[CH2-]c1cc(C(F)(F)F)cc2sc(NC(=O)c3cc(Cl)cc(C)c3O)nc12.[U+2]. The van der Waals surface area contributed by atoms with E-state index in [1.54, 1.807) is 6.92 Å². The molecule has 0 aliphatic carbocycles. The number of rotatable bonds is 2. The third-order valence-electron chi connectivity index (χ3n) is 3.63. The van der Waals surface area contributed by atoms with Crippen LogP contribution in [0.3, 0.4) is 0 Å². The molecule has 158 valence electrons. The second-order valence-corrected chi connectivity index (χ2v) is 7.54. The van der Waals surface area contributed by atoms with Gasteiger partial charge in [-0.2, -0.15) is 32.1 Å². The first-order chi connectivity index (χ1) is 13.5. The van der Waals surface area contributed by atoms with Crippen molar-refractivity contribution in [1.29, 1.82) is 0 Å². The summed E-state index contributed by atoms with van der Waals surface area (Å²) in [6.45, 7) is 10.7. The molecule has 0 atom stereocenters. The molecule has 0 aliphatic heterocycles. The van der Waals surface area contributed by atoms with Crippen LogP contribution in [0, 0.1) is 51.9 Å². The number of alkyl halides is 3. The fraction of sp³-hybridized carbons (Fsp3) is 0.200. The van der Waals surface area contributed by atoms with E-state index in [9.17, 15) is 23.1 Å². The molecule has 1 heterocycles. The summed E-state index contributed by atoms with van der Waals surface area (Å²) in [5, 5.41) is 12.8. The standard InChI is InChI=1S/C17H11ClF3N2O2S.C3H7.U/c1-7-3-9(17(19,20)21)5-12-13(7)22-16(26-12)23-15(25)11-6-10(18)4-8(2)14(11)24;1-3-2;/h3-6,24H,1H2,2H3,(H,22,23,25);1,3H2,2H3;/q2*-1;+2. The summed E-state index contributed by atoms with van der Waals surface area (Å²) >= 11 is 6.78. The molecule has 0 saturated heterocycles. The smallest absolute Gasteiger partial charge is 0.507 e. The van der Waals surface area contributed by atoms with E-state index < -0.39 is 17.6 Å². The molecule has 10 heteroatoms. The van der Waals surface area contributed by atoms with Gasteiger partial charge in [-0.1, -0.05) is 24.6 Å². The van der Waals surface area contributed by atoms with Crippen LogP contribution in [0.15, 0.2) is 24.3 Å². The van der Waals surface area contributed by atoms with Crippen molar-refractivity contribution in [2.45, 2.75) is 26.4 Å². The molecule has 1 amide bonds. The van der Waals surface area contributed by atoms with Crippen LogP contribution in [0.25, 0.3) is 10.2 Å². The maximum absolute atomic E-state index is 12.9. The predicted molar refractivity (Wildman–Crippen MR) is 111 cm³/mol. The number of benzene rings is 2. The first kappa shape index (κ1) is 26.6. The number of fused-ring (bicyclic) bond motifs is 1. The van der Waals surface area contributed by atoms with Gasteiger partial charge in [0.05, 0.1) is 5.56 Å². The summed E-state index contributed by atoms with van der Waals surface area (Å²) in [6.07, 6.45) is -3.50. The molecule has 0 aliphatic rings. The van der Waals surface area contributed by atoms with E-state index in [1.165, 1.54) is 12.1 Å². The van der Waals surface area contributed by atoms with Crippen LogP contribution < -0.4 is 5.32 Å². The number of aryl methyl sites for hydroxylation is 1. The summed E-state index contributed by atoms with van der Waals surface area (Å²) in [5.41, 5.74) is -0.0978. The third-order valence-corrected chi connectivity index (χ3v) is 4.77. The molecule has 0 spiro atoms. The molecule has 3 rings (SSSR count). The van der Waals surface area contributed by atoms with Gasteiger partial charge < -0.3 is 12.0 Å². The van der Waals surface area contributed by atoms with Gasteiger partial charge in [0.15, 0.2) is 5.13 Å². The molecule has 0 unspecified atom stereocenters. The molecule has 0 saturated carbocycles. The number of phenols is 1. The van der Waals surface area contributed by atoms with E-state index in [0.29, 0.717) is 5.56 Å². The van der Waals surface area contributed by atoms with E-state index >= 15 is 0 Å². The van der Waals surface area contributed by atoms with E-state index in [4.69, 9.17) is 11.6 Å². The number of aromatic hydroxyl groups is 1. The Bertz CT molecular complexity index is 1050. The number of carbonyl (C=O) groups excluding carboxylic acids is 1. The average molecular weight is 681 g/mol. The quantitative estimate of drug-likeness (QED) is 0.298. The van der Waals surface area contributed by atoms with Crippen LogP contribution in [-0.4, -0.2) is 16.0 Å². The Morgan fingerprint density at radius 3 is 2.47 bits per heavy atom. The van der Waals surface area contributed by atoms with Gasteiger partial charge in [-0.15, -0.1) is 17.4 Å². The maximum Gasteiger partial charge on any atom is 2.00 e. The van der Waals surface area contributed by atoms with Crippen molar-refractivity contribution in [2.24, 2.45) is 0 Å². The number of nitrogens with one attached hydrogen (secondary N) is 1. The van der Waals surface area contributed by atoms with E-state index in [2.05, 4.69) is 24.1 Å². The maximum atomic E-state index is 12.9. The Labute approximate surface area is 205 Å². The van der Waals surface area contributed by atoms with Gasteiger partial charge in [-0.25, -0.2) is 0 Å². The summed E-state index contributed by atoms with van der Waals surface area (Å²) in [6, 6.07) is 4.65. The van der Waals surface area contributed by atoms with Crippen molar-refractivity contribution in [1.82, 2.24) is 4.98 Å². The van der Waals surface area contributed by atoms with Gasteiger partial charge in [0.25, 0.3) is 5.91 Å². The molecular formula is C20H18ClF3N2O2SU. The number of aromatic nitrogens is 1. The minimum Gasteiger partial charge on any atom is -0.507 e. The number of thiazole rings is 1. The Morgan fingerprint density at radius 2 is 1.90 bits per heavy atom. The van der Waals surface area contributed by atoms with Crippen molar-refractivity contribution < 1.29 is 54.2 Å². The molecule has 2 aromatic carbocycles. The third kappa shape index (κ3) is 6.30. The molecule has 1 aromatic heterocycles. The Kier molecular flexibility index (Phi) is 9.56. The zero-order chi connectivity index (χ0) is 21.9. The van der Waals surface area contributed by atoms with Crippen LogP contribution in [0.1, 0.15) is 40.4 Å². The first-order valence-corrected chi connectivity index (χ1v) is 9.60. The normalized spacial score (nSPS) is 10.8. The minimum atomic E-state index is -4.50. The zero-order valence-electron chi connectivity index (χ0n) is 16.2. The fourth-order valence-electron chi connectivity index (χ4n) is 2.39. The molecule has 4 nitrogen and oxygen atoms in total. The predicted octanol–water partition coefficient (Wildman–Crippen LogP) is 6.65. The number of phenolic OH excluding ortho intramolecular Hbond substituents is 1. The van der Waals surface area contributed by atoms with Gasteiger partial charge in [-0.05, 0) is 30.1 Å². The van der Waals surface area contributed by atoms with Gasteiger partial charge in [-0.3, -0.25) is 15.1 Å². The van der Waals surface area contributed by atoms with Gasteiger partial charge >= 0.3 is 37.3 Å². The monoisotopic (exact) mass is 680 g/mol. The topological polar surface area (TPSA) is 62.2 Å². The number of anilines is 1. The summed E-state index contributed by atoms with van der Waals surface area (Å²) < 4.78 is 38.9. The number of halogens is 4. The van der Waals surface area contributed by atoms with E-state index in [0.717, 1.165) is 29.9 Å². The molecule has 0 fully saturated rings. The number of carbonyl (C=O) groups is 1. The Morgan fingerprint density at radius 1 is 1.30 bits per heavy atom. The largest absolute Gasteiger partial charge is 2.00 e. The molecular weight excluding hydrogens is 663 g/mol. The minimum absolute atomic E-state index is 0. The summed E-state index contributed by atoms with van der Waals surface area (Å²) in [7, 11) is 0. The van der Waals surface area contributed by atoms with Crippen LogP contribution in [0.2, 0.25) is 5.02 Å². The number of amides is 1. The van der Waals surface area contributed by atoms with Gasteiger partial charge in [0, 0.05) is 15.3 Å². The molecule has 0 radical (unpaired) electrons. The van der Waals surface area contributed by atoms with Gasteiger partial charge in [0.1, 0.15) is 5.75 Å². The van der Waals surface area contributed by atoms with Crippen molar-refractivity contribution in [2.75, 3.05) is 5.32 Å². The fourth-order valence-corrected chi connectivity index (χ4v) is 3.61. The van der Waals surface area contributed by atoms with Crippen LogP contribution in [0.5, 0.6) is 5.75 Å². The van der Waals surface area contributed by atoms with E-state index in [1.807, 2.05) is 6.92 Å². The van der Waals surface area contributed by atoms with Crippen molar-refractivity contribution in [3.05, 3.63) is 65.4 Å². The van der Waals surface area contributed by atoms with Crippen molar-refractivity contribution >= 4 is 44.2 Å². The number of hydrogen-bond acceptors (Lipinski definition) is 4. The Balaban J connectivity index is 0.00000106. The second-order valence-electron chi connectivity index (χ2n) is 6.07. The molecule has 30 heavy (non-hydrogen) atoms. The first-order valence-electron chi connectivity index (χ1n) is 8.41. The van der Waals surface area contributed by atoms with Crippen LogP contribution in [0.4, 0.5) is 18.3 Å². The second kappa shape index (κ2) is 10.8.